The fourth-order valence-electron chi connectivity index (χ4n) is 3.20. The van der Waals surface area contributed by atoms with E-state index in [9.17, 15) is 19.4 Å². The average Bonchev–Trinajstić information content (AvgIpc) is 2.67. The number of nitrogens with zero attached hydrogens (tertiary/aromatic N) is 5. The normalized spacial score (nSPS) is 17.7. The van der Waals surface area contributed by atoms with Crippen LogP contribution in [0.15, 0.2) is 6.20 Å². The Balaban J connectivity index is 1.93. The topological polar surface area (TPSA) is 121 Å². The number of pyridine rings is 1. The van der Waals surface area contributed by atoms with Crippen molar-refractivity contribution >= 4 is 53.9 Å². The number of aromatic nitrogens is 3. The minimum atomic E-state index is -2.89. The van der Waals surface area contributed by atoms with E-state index in [2.05, 4.69) is 15.0 Å². The van der Waals surface area contributed by atoms with Gasteiger partial charge in [-0.15, -0.1) is 0 Å². The standard InChI is InChI=1S/C18H21BCl2FN5O5/c1-17(2,3)32-16(28)27-5-4-26(7-9(27)8-31-18(19,29)30)14-10-6-23-13(20)11(22)12(10)24-15(21)25-14/h6,9,29-30H,4-5,7-8H2,1-3H3. The average molecular weight is 488 g/mol. The first kappa shape index (κ1) is 24.7. The molecule has 2 aromatic rings. The Morgan fingerprint density at radius 3 is 2.62 bits per heavy atom. The molecule has 1 saturated heterocycles. The number of amides is 1. The van der Waals surface area contributed by atoms with Gasteiger partial charge < -0.3 is 24.6 Å². The van der Waals surface area contributed by atoms with Crippen LogP contribution in [0.4, 0.5) is 15.0 Å². The molecule has 1 aliphatic rings. The third-order valence-corrected chi connectivity index (χ3v) is 4.93. The number of hydrogen-bond donors (Lipinski definition) is 2. The molecule has 2 N–H and O–H groups in total. The Hall–Kier alpha value is -1.99. The number of anilines is 1. The molecule has 1 fully saturated rings. The summed E-state index contributed by atoms with van der Waals surface area (Å²) in [6, 6.07) is -0.727. The number of rotatable bonds is 4. The quantitative estimate of drug-likeness (QED) is 0.287. The Bertz CT molecular complexity index is 1020. The van der Waals surface area contributed by atoms with Crippen LogP contribution in [0.1, 0.15) is 20.8 Å². The SMILES string of the molecule is [B]C(O)(O)OCC1CN(c2nc(Cl)nc3c(F)c(Cl)ncc23)CCN1C(=O)OC(C)(C)C. The van der Waals surface area contributed by atoms with Crippen LogP contribution in [0.25, 0.3) is 10.9 Å². The number of halogens is 3. The molecule has 2 radical (unpaired) electrons. The molecule has 0 bridgehead atoms. The summed E-state index contributed by atoms with van der Waals surface area (Å²) >= 11 is 11.8. The summed E-state index contributed by atoms with van der Waals surface area (Å²) in [4.78, 5) is 27.7. The molecule has 3 rings (SSSR count). The molecule has 10 nitrogen and oxygen atoms in total. The number of ether oxygens (including phenoxy) is 2. The van der Waals surface area contributed by atoms with Gasteiger partial charge in [0.25, 0.3) is 0 Å². The zero-order valence-corrected chi connectivity index (χ0v) is 19.1. The molecule has 14 heteroatoms. The maximum atomic E-state index is 14.5. The fourth-order valence-corrected chi connectivity index (χ4v) is 3.51. The van der Waals surface area contributed by atoms with Gasteiger partial charge in [0.15, 0.2) is 18.8 Å². The van der Waals surface area contributed by atoms with Gasteiger partial charge in [0, 0.05) is 25.8 Å². The van der Waals surface area contributed by atoms with Crippen LogP contribution < -0.4 is 4.90 Å². The molecular weight excluding hydrogens is 467 g/mol. The summed E-state index contributed by atoms with van der Waals surface area (Å²) in [5, 5.41) is 18.4. The summed E-state index contributed by atoms with van der Waals surface area (Å²) in [5.74, 6) is -3.46. The van der Waals surface area contributed by atoms with Crippen LogP contribution in [0.3, 0.4) is 0 Å². The first-order valence-corrected chi connectivity index (χ1v) is 10.3. The third-order valence-electron chi connectivity index (χ3n) is 4.49. The largest absolute Gasteiger partial charge is 0.444 e. The Labute approximate surface area is 194 Å². The van der Waals surface area contributed by atoms with Crippen LogP contribution in [-0.4, -0.2) is 87.8 Å². The van der Waals surface area contributed by atoms with Gasteiger partial charge in [-0.05, 0) is 32.4 Å². The van der Waals surface area contributed by atoms with Crippen LogP contribution in [0.2, 0.25) is 10.4 Å². The molecule has 1 aliphatic heterocycles. The summed E-state index contributed by atoms with van der Waals surface area (Å²) in [6.07, 6.45) is 0.708. The molecule has 0 aromatic carbocycles. The van der Waals surface area contributed by atoms with Gasteiger partial charge in [-0.1, -0.05) is 11.6 Å². The summed E-state index contributed by atoms with van der Waals surface area (Å²) < 4.78 is 24.8. The molecule has 0 spiro atoms. The van der Waals surface area contributed by atoms with Gasteiger partial charge in [-0.3, -0.25) is 4.90 Å². The second kappa shape index (κ2) is 9.10. The van der Waals surface area contributed by atoms with Gasteiger partial charge in [0.2, 0.25) is 11.2 Å². The van der Waals surface area contributed by atoms with Gasteiger partial charge in [-0.25, -0.2) is 19.2 Å². The Morgan fingerprint density at radius 1 is 1.31 bits per heavy atom. The molecule has 3 heterocycles. The van der Waals surface area contributed by atoms with E-state index in [1.807, 2.05) is 0 Å². The monoisotopic (exact) mass is 487 g/mol. The van der Waals surface area contributed by atoms with E-state index in [4.69, 9.17) is 40.5 Å². The van der Waals surface area contributed by atoms with Gasteiger partial charge in [0.1, 0.15) is 16.9 Å². The molecule has 0 saturated carbocycles. The Morgan fingerprint density at radius 2 is 2.00 bits per heavy atom. The minimum absolute atomic E-state index is 0.0992. The highest BCUT2D eigenvalue weighted by Gasteiger charge is 2.36. The number of piperazine rings is 1. The lowest BCUT2D eigenvalue weighted by Crippen LogP contribution is -2.58. The van der Waals surface area contributed by atoms with E-state index in [1.54, 1.807) is 25.7 Å². The van der Waals surface area contributed by atoms with Crippen molar-refractivity contribution < 1.29 is 28.9 Å². The number of carbonyl (C=O) groups is 1. The van der Waals surface area contributed by atoms with Crippen molar-refractivity contribution in [3.8, 4) is 0 Å². The Kier molecular flexibility index (Phi) is 7.01. The molecule has 32 heavy (non-hydrogen) atoms. The van der Waals surface area contributed by atoms with Crippen LogP contribution in [0, 0.1) is 5.82 Å². The summed E-state index contributed by atoms with van der Waals surface area (Å²) in [5.41, 5.74) is -0.849. The zero-order valence-electron chi connectivity index (χ0n) is 17.5. The molecule has 2 aromatic heterocycles. The van der Waals surface area contributed by atoms with E-state index >= 15 is 0 Å². The summed E-state index contributed by atoms with van der Waals surface area (Å²) in [7, 11) is 5.09. The van der Waals surface area contributed by atoms with Gasteiger partial charge in [0.05, 0.1) is 18.0 Å². The first-order chi connectivity index (χ1) is 14.7. The minimum Gasteiger partial charge on any atom is -0.444 e. The number of aliphatic hydroxyl groups is 2. The zero-order chi connectivity index (χ0) is 23.8. The molecular formula is C18H21BCl2FN5O5. The molecule has 1 amide bonds. The van der Waals surface area contributed by atoms with E-state index in [0.29, 0.717) is 0 Å². The summed E-state index contributed by atoms with van der Waals surface area (Å²) in [6.45, 7) is 5.36. The lowest BCUT2D eigenvalue weighted by atomic mass is 10.1. The number of fused-ring (bicyclic) bond motifs is 1. The molecule has 1 unspecified atom stereocenters. The van der Waals surface area contributed by atoms with E-state index in [1.165, 1.54) is 11.1 Å². The van der Waals surface area contributed by atoms with Crippen LogP contribution >= 0.6 is 23.2 Å². The highest BCUT2D eigenvalue weighted by molar-refractivity contribution is 6.30. The fraction of sp³-hybridized carbons (Fsp3) is 0.556. The second-order valence-corrected chi connectivity index (χ2v) is 8.88. The maximum Gasteiger partial charge on any atom is 0.410 e. The van der Waals surface area contributed by atoms with E-state index < -0.39 is 29.4 Å². The van der Waals surface area contributed by atoms with Gasteiger partial charge >= 0.3 is 6.09 Å². The maximum absolute atomic E-state index is 14.5. The van der Waals surface area contributed by atoms with E-state index in [0.717, 1.165) is 0 Å². The molecule has 1 atom stereocenters. The lowest BCUT2D eigenvalue weighted by Gasteiger charge is -2.42. The predicted molar refractivity (Wildman–Crippen MR) is 115 cm³/mol. The predicted octanol–water partition coefficient (Wildman–Crippen LogP) is 1.68. The third kappa shape index (κ3) is 5.87. The van der Waals surface area contributed by atoms with Crippen molar-refractivity contribution in [1.82, 2.24) is 19.9 Å². The highest BCUT2D eigenvalue weighted by Crippen LogP contribution is 2.30. The lowest BCUT2D eigenvalue weighted by molar-refractivity contribution is -0.279. The first-order valence-electron chi connectivity index (χ1n) is 9.54. The van der Waals surface area contributed by atoms with Crippen molar-refractivity contribution in [1.29, 1.82) is 0 Å². The van der Waals surface area contributed by atoms with Crippen molar-refractivity contribution in [3.63, 3.8) is 0 Å². The number of carbonyl (C=O) groups excluding carboxylic acids is 1. The van der Waals surface area contributed by atoms with Crippen LogP contribution in [0.5, 0.6) is 0 Å². The molecule has 172 valence electrons. The van der Waals surface area contributed by atoms with Crippen molar-refractivity contribution in [3.05, 3.63) is 22.5 Å². The van der Waals surface area contributed by atoms with Crippen molar-refractivity contribution in [2.75, 3.05) is 31.1 Å². The highest BCUT2D eigenvalue weighted by atomic mass is 35.5. The smallest absolute Gasteiger partial charge is 0.410 e. The van der Waals surface area contributed by atoms with Crippen molar-refractivity contribution in [2.24, 2.45) is 0 Å². The van der Waals surface area contributed by atoms with E-state index in [-0.39, 0.29) is 53.4 Å². The number of hydrogen-bond acceptors (Lipinski definition) is 9. The van der Waals surface area contributed by atoms with Crippen LogP contribution in [-0.2, 0) is 9.47 Å². The molecule has 0 aliphatic carbocycles. The second-order valence-electron chi connectivity index (χ2n) is 8.18. The van der Waals surface area contributed by atoms with Crippen molar-refractivity contribution in [2.45, 2.75) is 38.3 Å². The van der Waals surface area contributed by atoms with Gasteiger partial charge in [-0.2, -0.15) is 4.98 Å².